The van der Waals surface area contributed by atoms with E-state index in [-0.39, 0.29) is 0 Å². The van der Waals surface area contributed by atoms with Crippen molar-refractivity contribution in [2.24, 2.45) is 0 Å². The first-order valence-electron chi connectivity index (χ1n) is 11.6. The lowest BCUT2D eigenvalue weighted by Gasteiger charge is -2.21. The van der Waals surface area contributed by atoms with Crippen molar-refractivity contribution in [2.45, 2.75) is 52.0 Å². The van der Waals surface area contributed by atoms with E-state index in [9.17, 15) is 0 Å². The van der Waals surface area contributed by atoms with E-state index >= 15 is 0 Å². The van der Waals surface area contributed by atoms with E-state index in [1.54, 1.807) is 0 Å². The first-order valence-corrected chi connectivity index (χ1v) is 13.9. The van der Waals surface area contributed by atoms with Crippen LogP contribution in [-0.4, -0.2) is 29.4 Å². The van der Waals surface area contributed by atoms with Gasteiger partial charge in [-0.2, -0.15) is 11.8 Å². The Morgan fingerprint density at radius 2 is 1.79 bits per heavy atom. The number of aryl methyl sites for hydroxylation is 1. The van der Waals surface area contributed by atoms with Crippen LogP contribution < -0.4 is 9.47 Å². The summed E-state index contributed by atoms with van der Waals surface area (Å²) in [6.45, 7) is 10.1. The summed E-state index contributed by atoms with van der Waals surface area (Å²) in [5, 5.41) is 0. The fourth-order valence-corrected chi connectivity index (χ4v) is 5.87. The summed E-state index contributed by atoms with van der Waals surface area (Å²) in [7, 11) is 0. The summed E-state index contributed by atoms with van der Waals surface area (Å²) in [6, 6.07) is 10.8. The lowest BCUT2D eigenvalue weighted by atomic mass is 9.88. The lowest BCUT2D eigenvalue weighted by Crippen LogP contribution is -2.06. The maximum Gasteiger partial charge on any atom is 0.214 e. The number of pyridine rings is 1. The summed E-state index contributed by atoms with van der Waals surface area (Å²) < 4.78 is 12.3. The standard InChI is InChI=1S/C28H33NO2S2/c1-18-20(3)28(30-11-7-12-32-5)21(4)19(2)27(18)23-9-6-8-22(14-23)17-31-26-15-25-24(16-29-26)10-13-33-25/h6,8-9,14-16H,7,10-13,17H2,1-5H3. The average Bonchev–Trinajstić information content (AvgIpc) is 3.29. The minimum atomic E-state index is 0.511. The number of rotatable bonds is 9. The number of hydrogen-bond acceptors (Lipinski definition) is 5. The van der Waals surface area contributed by atoms with Crippen molar-refractivity contribution < 1.29 is 9.47 Å². The highest BCUT2D eigenvalue weighted by atomic mass is 32.2. The summed E-state index contributed by atoms with van der Waals surface area (Å²) in [6.07, 6.45) is 6.28. The molecule has 5 heteroatoms. The Morgan fingerprint density at radius 3 is 2.55 bits per heavy atom. The molecule has 0 saturated heterocycles. The van der Waals surface area contributed by atoms with E-state index in [0.29, 0.717) is 12.5 Å². The van der Waals surface area contributed by atoms with Crippen LogP contribution in [0.15, 0.2) is 41.4 Å². The SMILES string of the molecule is CSCCCOc1c(C)c(C)c(-c2cccc(COc3cc4c(cn3)CCS4)c2)c(C)c1C. The number of hydrogen-bond donors (Lipinski definition) is 0. The molecule has 0 aliphatic carbocycles. The molecule has 0 saturated carbocycles. The van der Waals surface area contributed by atoms with E-state index in [1.807, 2.05) is 29.7 Å². The summed E-state index contributed by atoms with van der Waals surface area (Å²) >= 11 is 3.75. The monoisotopic (exact) mass is 479 g/mol. The Bertz CT molecular complexity index is 1110. The molecule has 0 bridgehead atoms. The Kier molecular flexibility index (Phi) is 7.92. The van der Waals surface area contributed by atoms with E-state index in [0.717, 1.165) is 42.3 Å². The highest BCUT2D eigenvalue weighted by molar-refractivity contribution is 7.99. The number of fused-ring (bicyclic) bond motifs is 1. The maximum atomic E-state index is 6.22. The van der Waals surface area contributed by atoms with E-state index in [1.165, 1.54) is 43.8 Å². The van der Waals surface area contributed by atoms with Crippen molar-refractivity contribution in [1.82, 2.24) is 4.98 Å². The fraction of sp³-hybridized carbons (Fsp3) is 0.393. The summed E-state index contributed by atoms with van der Waals surface area (Å²) in [5.41, 5.74) is 10.1. The van der Waals surface area contributed by atoms with Crippen molar-refractivity contribution >= 4 is 23.5 Å². The smallest absolute Gasteiger partial charge is 0.214 e. The van der Waals surface area contributed by atoms with Gasteiger partial charge in [0.25, 0.3) is 0 Å². The first kappa shape index (κ1) is 24.0. The second-order valence-corrected chi connectivity index (χ2v) is 10.7. The Morgan fingerprint density at radius 1 is 1.00 bits per heavy atom. The van der Waals surface area contributed by atoms with Gasteiger partial charge < -0.3 is 9.47 Å². The van der Waals surface area contributed by atoms with Crippen molar-refractivity contribution in [3.63, 3.8) is 0 Å². The molecular weight excluding hydrogens is 446 g/mol. The predicted molar refractivity (Wildman–Crippen MR) is 142 cm³/mol. The zero-order valence-electron chi connectivity index (χ0n) is 20.3. The second kappa shape index (κ2) is 10.9. The molecule has 0 radical (unpaired) electrons. The summed E-state index contributed by atoms with van der Waals surface area (Å²) in [5.74, 6) is 4.02. The van der Waals surface area contributed by atoms with E-state index in [2.05, 4.69) is 69.3 Å². The van der Waals surface area contributed by atoms with Gasteiger partial charge in [-0.15, -0.1) is 11.8 Å². The minimum Gasteiger partial charge on any atom is -0.493 e. The highest BCUT2D eigenvalue weighted by Gasteiger charge is 2.18. The molecule has 174 valence electrons. The van der Waals surface area contributed by atoms with Gasteiger partial charge >= 0.3 is 0 Å². The van der Waals surface area contributed by atoms with E-state index in [4.69, 9.17) is 9.47 Å². The molecule has 1 aliphatic heterocycles. The van der Waals surface area contributed by atoms with Gasteiger partial charge in [-0.05, 0) is 103 Å². The van der Waals surface area contributed by atoms with Crippen LogP contribution in [-0.2, 0) is 13.0 Å². The third-order valence-electron chi connectivity index (χ3n) is 6.45. The number of aromatic nitrogens is 1. The van der Waals surface area contributed by atoms with Crippen LogP contribution in [0, 0.1) is 27.7 Å². The second-order valence-electron chi connectivity index (χ2n) is 8.62. The summed E-state index contributed by atoms with van der Waals surface area (Å²) in [4.78, 5) is 5.80. The van der Waals surface area contributed by atoms with E-state index < -0.39 is 0 Å². The van der Waals surface area contributed by atoms with Crippen molar-refractivity contribution in [3.05, 3.63) is 69.9 Å². The zero-order valence-corrected chi connectivity index (χ0v) is 21.9. The van der Waals surface area contributed by atoms with Gasteiger partial charge in [-0.1, -0.05) is 18.2 Å². The van der Waals surface area contributed by atoms with Gasteiger partial charge in [0.15, 0.2) is 0 Å². The van der Waals surface area contributed by atoms with Crippen molar-refractivity contribution in [2.75, 3.05) is 24.4 Å². The molecule has 0 fully saturated rings. The predicted octanol–water partition coefficient (Wildman–Crippen LogP) is 7.34. The third kappa shape index (κ3) is 5.36. The fourth-order valence-electron chi connectivity index (χ4n) is 4.40. The van der Waals surface area contributed by atoms with Crippen LogP contribution in [0.25, 0.3) is 11.1 Å². The molecule has 3 aromatic rings. The molecule has 2 aromatic carbocycles. The first-order chi connectivity index (χ1) is 16.0. The molecule has 33 heavy (non-hydrogen) atoms. The van der Waals surface area contributed by atoms with Crippen LogP contribution in [0.4, 0.5) is 0 Å². The largest absolute Gasteiger partial charge is 0.493 e. The molecule has 0 amide bonds. The quantitative estimate of drug-likeness (QED) is 0.300. The highest BCUT2D eigenvalue weighted by Crippen LogP contribution is 2.39. The lowest BCUT2D eigenvalue weighted by molar-refractivity contribution is 0.293. The molecule has 1 aliphatic rings. The number of ether oxygens (including phenoxy) is 2. The molecular formula is C28H33NO2S2. The minimum absolute atomic E-state index is 0.511. The molecule has 2 heterocycles. The molecule has 0 N–H and O–H groups in total. The molecule has 0 unspecified atom stereocenters. The van der Waals surface area contributed by atoms with Gasteiger partial charge in [-0.25, -0.2) is 4.98 Å². The number of nitrogens with zero attached hydrogens (tertiary/aromatic N) is 1. The Balaban J connectivity index is 1.55. The van der Waals surface area contributed by atoms with Gasteiger partial charge in [0.1, 0.15) is 12.4 Å². The van der Waals surface area contributed by atoms with Crippen LogP contribution in [0.1, 0.15) is 39.8 Å². The van der Waals surface area contributed by atoms with Crippen LogP contribution >= 0.6 is 23.5 Å². The Hall–Kier alpha value is -2.11. The number of benzene rings is 2. The van der Waals surface area contributed by atoms with Crippen LogP contribution in [0.2, 0.25) is 0 Å². The van der Waals surface area contributed by atoms with Gasteiger partial charge in [0, 0.05) is 22.9 Å². The molecule has 1 aromatic heterocycles. The molecule has 0 atom stereocenters. The van der Waals surface area contributed by atoms with Gasteiger partial charge in [0.05, 0.1) is 6.61 Å². The zero-order chi connectivity index (χ0) is 23.4. The van der Waals surface area contributed by atoms with Crippen LogP contribution in [0.3, 0.4) is 0 Å². The molecule has 4 rings (SSSR count). The maximum absolute atomic E-state index is 6.22. The Labute approximate surface area is 206 Å². The normalized spacial score (nSPS) is 12.6. The topological polar surface area (TPSA) is 31.4 Å². The average molecular weight is 480 g/mol. The van der Waals surface area contributed by atoms with Crippen LogP contribution in [0.5, 0.6) is 11.6 Å². The number of thioether (sulfide) groups is 2. The molecule has 3 nitrogen and oxygen atoms in total. The van der Waals surface area contributed by atoms with Gasteiger partial charge in [0.2, 0.25) is 5.88 Å². The third-order valence-corrected chi connectivity index (χ3v) is 8.24. The van der Waals surface area contributed by atoms with Gasteiger partial charge in [-0.3, -0.25) is 0 Å². The molecule has 0 spiro atoms. The van der Waals surface area contributed by atoms with Crippen molar-refractivity contribution in [1.29, 1.82) is 0 Å². The van der Waals surface area contributed by atoms with Crippen molar-refractivity contribution in [3.8, 4) is 22.8 Å².